The molecular weight excluding hydrogens is 428 g/mol. The van der Waals surface area contributed by atoms with E-state index in [2.05, 4.69) is 6.92 Å². The van der Waals surface area contributed by atoms with Crippen molar-refractivity contribution in [2.24, 2.45) is 5.41 Å². The number of hydrogen-bond acceptors (Lipinski definition) is 5. The van der Waals surface area contributed by atoms with Crippen molar-refractivity contribution in [1.29, 1.82) is 0 Å². The summed E-state index contributed by atoms with van der Waals surface area (Å²) < 4.78 is 0. The molecule has 33 heavy (non-hydrogen) atoms. The van der Waals surface area contributed by atoms with Crippen molar-refractivity contribution in [3.05, 3.63) is 0 Å². The molecule has 0 saturated carbocycles. The molecule has 4 N–H and O–H groups in total. The second-order valence-electron chi connectivity index (χ2n) is 9.11. The van der Waals surface area contributed by atoms with Crippen LogP contribution in [0.15, 0.2) is 0 Å². The highest BCUT2D eigenvalue weighted by Gasteiger charge is 2.65. The van der Waals surface area contributed by atoms with Crippen molar-refractivity contribution in [1.82, 2.24) is 0 Å². The third-order valence-electron chi connectivity index (χ3n) is 6.47. The van der Waals surface area contributed by atoms with Crippen LogP contribution in [0.2, 0.25) is 0 Å². The summed E-state index contributed by atoms with van der Waals surface area (Å²) >= 11 is 0. The molecule has 8 nitrogen and oxygen atoms in total. The Hall–Kier alpha value is -1.96. The Bertz CT molecular complexity index is 618. The molecule has 0 aromatic rings. The molecule has 0 saturated heterocycles. The van der Waals surface area contributed by atoms with Crippen LogP contribution in [-0.4, -0.2) is 49.7 Å². The van der Waals surface area contributed by atoms with Crippen LogP contribution >= 0.6 is 0 Å². The fourth-order valence-corrected chi connectivity index (χ4v) is 4.41. The Kier molecular flexibility index (Phi) is 15.6. The van der Waals surface area contributed by atoms with E-state index in [1.165, 1.54) is 12.8 Å². The monoisotopic (exact) mass is 472 g/mol. The van der Waals surface area contributed by atoms with Gasteiger partial charge in [-0.15, -0.1) is 0 Å². The summed E-state index contributed by atoms with van der Waals surface area (Å²) in [5.41, 5.74) is -5.91. The molecule has 0 amide bonds. The van der Waals surface area contributed by atoms with E-state index in [1.807, 2.05) is 6.92 Å². The molecule has 2 unspecified atom stereocenters. The molecule has 0 spiro atoms. The molecule has 0 rings (SSSR count). The smallest absolute Gasteiger partial charge is 0.338 e. The third kappa shape index (κ3) is 9.82. The zero-order valence-corrected chi connectivity index (χ0v) is 20.4. The summed E-state index contributed by atoms with van der Waals surface area (Å²) in [7, 11) is 0. The molecule has 0 radical (unpaired) electrons. The molecule has 192 valence electrons. The summed E-state index contributed by atoms with van der Waals surface area (Å²) in [6.45, 7) is 4.18. The maximum Gasteiger partial charge on any atom is 0.338 e. The number of aliphatic carboxylic acids is 3. The average molecular weight is 473 g/mol. The van der Waals surface area contributed by atoms with Gasteiger partial charge in [0.25, 0.3) is 0 Å². The third-order valence-corrected chi connectivity index (χ3v) is 6.47. The normalized spacial score (nSPS) is 14.9. The van der Waals surface area contributed by atoms with Crippen LogP contribution in [0.3, 0.4) is 0 Å². The average Bonchev–Trinajstić information content (AvgIpc) is 2.74. The molecule has 2 atom stereocenters. The number of rotatable bonds is 22. The summed E-state index contributed by atoms with van der Waals surface area (Å²) in [5, 5.41) is 39.8. The Morgan fingerprint density at radius 3 is 1.42 bits per heavy atom. The molecule has 0 aliphatic carbocycles. The molecule has 0 fully saturated rings. The number of unbranched alkanes of at least 4 members (excludes halogenated alkanes) is 12. The van der Waals surface area contributed by atoms with E-state index in [1.54, 1.807) is 0 Å². The van der Waals surface area contributed by atoms with Gasteiger partial charge >= 0.3 is 17.9 Å². The quantitative estimate of drug-likeness (QED) is 0.124. The molecule has 0 bridgehead atoms. The summed E-state index contributed by atoms with van der Waals surface area (Å²) in [6.07, 6.45) is 10.2. The topological polar surface area (TPSA) is 149 Å². The molecular formula is C25H44O8. The van der Waals surface area contributed by atoms with Gasteiger partial charge in [0.2, 0.25) is 0 Å². The SMILES string of the molecule is CCCCCCCCCCCC(C(=O)O)(C(=O)CCCCCCC)C(O)(CC(=O)O)C(=O)O. The van der Waals surface area contributed by atoms with Crippen LogP contribution in [0.25, 0.3) is 0 Å². The van der Waals surface area contributed by atoms with Crippen LogP contribution in [0.1, 0.15) is 123 Å². The van der Waals surface area contributed by atoms with Crippen molar-refractivity contribution in [2.45, 2.75) is 129 Å². The Labute approximate surface area is 197 Å². The highest BCUT2D eigenvalue weighted by Crippen LogP contribution is 2.43. The van der Waals surface area contributed by atoms with Gasteiger partial charge in [-0.1, -0.05) is 97.3 Å². The van der Waals surface area contributed by atoms with Crippen LogP contribution < -0.4 is 0 Å². The van der Waals surface area contributed by atoms with E-state index in [0.717, 1.165) is 51.4 Å². The summed E-state index contributed by atoms with van der Waals surface area (Å²) in [5.74, 6) is -6.35. The number of carbonyl (C=O) groups is 4. The number of carbonyl (C=O) groups excluding carboxylic acids is 1. The predicted molar refractivity (Wildman–Crippen MR) is 125 cm³/mol. The Morgan fingerprint density at radius 1 is 0.606 bits per heavy atom. The lowest BCUT2D eigenvalue weighted by molar-refractivity contribution is -0.196. The molecule has 0 aliphatic heterocycles. The van der Waals surface area contributed by atoms with Crippen LogP contribution in [0.4, 0.5) is 0 Å². The van der Waals surface area contributed by atoms with Crippen LogP contribution in [0, 0.1) is 5.41 Å². The largest absolute Gasteiger partial charge is 0.481 e. The van der Waals surface area contributed by atoms with Gasteiger partial charge in [0, 0.05) is 6.42 Å². The van der Waals surface area contributed by atoms with E-state index >= 15 is 0 Å². The van der Waals surface area contributed by atoms with E-state index < -0.39 is 47.5 Å². The van der Waals surface area contributed by atoms with Gasteiger partial charge in [-0.05, 0) is 12.8 Å². The van der Waals surface area contributed by atoms with E-state index in [4.69, 9.17) is 0 Å². The Morgan fingerprint density at radius 2 is 1.03 bits per heavy atom. The van der Waals surface area contributed by atoms with E-state index in [0.29, 0.717) is 19.3 Å². The number of carboxylic acids is 3. The molecule has 0 aromatic heterocycles. The number of hydrogen-bond donors (Lipinski definition) is 4. The lowest BCUT2D eigenvalue weighted by Gasteiger charge is -2.39. The number of Topliss-reactive ketones (excluding diaryl/α,β-unsaturated/α-hetero) is 1. The zero-order valence-electron chi connectivity index (χ0n) is 20.4. The highest BCUT2D eigenvalue weighted by molar-refractivity contribution is 6.09. The first-order valence-electron chi connectivity index (χ1n) is 12.5. The zero-order chi connectivity index (χ0) is 25.3. The minimum Gasteiger partial charge on any atom is -0.481 e. The molecule has 0 heterocycles. The fraction of sp³-hybridized carbons (Fsp3) is 0.840. The number of carboxylic acid groups (broad SMARTS) is 3. The maximum atomic E-state index is 13.1. The first-order valence-corrected chi connectivity index (χ1v) is 12.5. The molecule has 0 aromatic carbocycles. The first-order chi connectivity index (χ1) is 15.6. The van der Waals surface area contributed by atoms with Gasteiger partial charge in [-0.2, -0.15) is 0 Å². The van der Waals surface area contributed by atoms with Crippen molar-refractivity contribution < 1.29 is 39.6 Å². The number of aliphatic hydroxyl groups is 1. The summed E-state index contributed by atoms with van der Waals surface area (Å²) in [4.78, 5) is 48.8. The number of ketones is 1. The second kappa shape index (κ2) is 16.6. The highest BCUT2D eigenvalue weighted by atomic mass is 16.4. The van der Waals surface area contributed by atoms with Crippen molar-refractivity contribution >= 4 is 23.7 Å². The van der Waals surface area contributed by atoms with Crippen LogP contribution in [0.5, 0.6) is 0 Å². The minimum atomic E-state index is -3.22. The fourth-order valence-electron chi connectivity index (χ4n) is 4.41. The first kappa shape index (κ1) is 31.0. The van der Waals surface area contributed by atoms with Gasteiger partial charge in [0.05, 0.1) is 6.42 Å². The Balaban J connectivity index is 5.45. The maximum absolute atomic E-state index is 13.1. The second-order valence-corrected chi connectivity index (χ2v) is 9.11. The van der Waals surface area contributed by atoms with Gasteiger partial charge in [-0.25, -0.2) is 4.79 Å². The van der Waals surface area contributed by atoms with Crippen molar-refractivity contribution in [2.75, 3.05) is 0 Å². The van der Waals surface area contributed by atoms with Crippen LogP contribution in [-0.2, 0) is 19.2 Å². The van der Waals surface area contributed by atoms with Crippen molar-refractivity contribution in [3.63, 3.8) is 0 Å². The standard InChI is InChI=1S/C25H44O8/c1-3-5-7-9-10-11-12-14-16-18-24(22(29)30,20(26)17-15-13-8-6-4-2)25(33,23(31)32)19-21(27)28/h33H,3-19H2,1-2H3,(H,27,28)(H,29,30)(H,31,32). The van der Waals surface area contributed by atoms with Gasteiger partial charge in [-0.3, -0.25) is 14.4 Å². The van der Waals surface area contributed by atoms with E-state index in [9.17, 15) is 39.6 Å². The molecule has 0 aliphatic rings. The predicted octanol–water partition coefficient (Wildman–Crippen LogP) is 5.20. The van der Waals surface area contributed by atoms with E-state index in [-0.39, 0.29) is 12.8 Å². The van der Waals surface area contributed by atoms with Gasteiger partial charge in [0.15, 0.2) is 16.8 Å². The lowest BCUT2D eigenvalue weighted by atomic mass is 9.63. The van der Waals surface area contributed by atoms with Gasteiger partial charge in [0.1, 0.15) is 0 Å². The van der Waals surface area contributed by atoms with Gasteiger partial charge < -0.3 is 20.4 Å². The molecule has 8 heteroatoms. The lowest BCUT2D eigenvalue weighted by Crippen LogP contribution is -2.63. The van der Waals surface area contributed by atoms with Crippen molar-refractivity contribution in [3.8, 4) is 0 Å². The summed E-state index contributed by atoms with van der Waals surface area (Å²) in [6, 6.07) is 0. The minimum absolute atomic E-state index is 0.206.